The van der Waals surface area contributed by atoms with Crippen LogP contribution in [-0.4, -0.2) is 91.9 Å². The van der Waals surface area contributed by atoms with Gasteiger partial charge in [-0.2, -0.15) is 4.99 Å². The van der Waals surface area contributed by atoms with Crippen LogP contribution in [0.3, 0.4) is 0 Å². The second-order valence-electron chi connectivity index (χ2n) is 9.31. The molecule has 4 heterocycles. The fourth-order valence-corrected chi connectivity index (χ4v) is 5.38. The Morgan fingerprint density at radius 2 is 1.45 bits per heavy atom. The summed E-state index contributed by atoms with van der Waals surface area (Å²) in [5, 5.41) is 2.16. The maximum Gasteiger partial charge on any atom is 0.248 e. The molecule has 4 aliphatic heterocycles. The zero-order valence-corrected chi connectivity index (χ0v) is 18.9. The largest absolute Gasteiger partial charge is 0.379 e. The predicted molar refractivity (Wildman–Crippen MR) is 122 cm³/mol. The van der Waals surface area contributed by atoms with E-state index in [1.807, 2.05) is 0 Å². The quantitative estimate of drug-likeness (QED) is 0.689. The summed E-state index contributed by atoms with van der Waals surface area (Å²) in [4.78, 5) is 15.0. The van der Waals surface area contributed by atoms with Gasteiger partial charge in [0.2, 0.25) is 11.9 Å². The van der Waals surface area contributed by atoms with Gasteiger partial charge in [-0.05, 0) is 24.8 Å². The molecule has 0 radical (unpaired) electrons. The number of fused-ring (bicyclic) bond motifs is 1. The third-order valence-corrected chi connectivity index (χ3v) is 7.18. The molecule has 0 spiro atoms. The molecule has 5 aliphatic rings. The topological polar surface area (TPSA) is 64.9 Å². The molecule has 0 amide bonds. The molecule has 31 heavy (non-hydrogen) atoms. The normalized spacial score (nSPS) is 29.2. The van der Waals surface area contributed by atoms with Gasteiger partial charge in [0.05, 0.1) is 44.7 Å². The van der Waals surface area contributed by atoms with Gasteiger partial charge in [0.15, 0.2) is 0 Å². The summed E-state index contributed by atoms with van der Waals surface area (Å²) in [6, 6.07) is 0.399. The minimum Gasteiger partial charge on any atom is -0.379 e. The van der Waals surface area contributed by atoms with E-state index in [9.17, 15) is 0 Å². The highest BCUT2D eigenvalue weighted by molar-refractivity contribution is 6.01. The van der Waals surface area contributed by atoms with Crippen molar-refractivity contribution in [1.29, 1.82) is 0 Å². The molecule has 0 aromatic carbocycles. The molecule has 172 valence electrons. The summed E-state index contributed by atoms with van der Waals surface area (Å²) < 4.78 is 11.2. The molecule has 0 bridgehead atoms. The van der Waals surface area contributed by atoms with Gasteiger partial charge in [0, 0.05) is 26.2 Å². The summed E-state index contributed by atoms with van der Waals surface area (Å²) >= 11 is 0. The van der Waals surface area contributed by atoms with Crippen LogP contribution in [0.5, 0.6) is 0 Å². The van der Waals surface area contributed by atoms with Crippen LogP contribution in [0.2, 0.25) is 0 Å². The van der Waals surface area contributed by atoms with Crippen LogP contribution in [0, 0.1) is 0 Å². The van der Waals surface area contributed by atoms with Gasteiger partial charge in [-0.3, -0.25) is 10.3 Å². The van der Waals surface area contributed by atoms with Gasteiger partial charge in [-0.1, -0.05) is 38.5 Å². The highest BCUT2D eigenvalue weighted by atomic mass is 16.5. The number of hydrazine groups is 1. The van der Waals surface area contributed by atoms with Crippen molar-refractivity contribution in [3.05, 3.63) is 11.3 Å². The van der Waals surface area contributed by atoms with Crippen molar-refractivity contribution in [3.8, 4) is 0 Å². The van der Waals surface area contributed by atoms with Crippen LogP contribution in [0.25, 0.3) is 0 Å². The van der Waals surface area contributed by atoms with Crippen molar-refractivity contribution < 1.29 is 9.47 Å². The van der Waals surface area contributed by atoms with Crippen LogP contribution >= 0.6 is 0 Å². The lowest BCUT2D eigenvalue weighted by atomic mass is 9.93. The molecule has 0 saturated carbocycles. The molecule has 0 aromatic rings. The summed E-state index contributed by atoms with van der Waals surface area (Å²) in [6.45, 7) is 7.89. The number of nitrogens with zero attached hydrogens (tertiary/aromatic N) is 5. The molecule has 1 unspecified atom stereocenters. The second-order valence-corrected chi connectivity index (χ2v) is 9.31. The van der Waals surface area contributed by atoms with E-state index in [4.69, 9.17) is 19.5 Å². The molecular formula is C23H38N6O2. The Kier molecular flexibility index (Phi) is 7.06. The molecular weight excluding hydrogens is 392 g/mol. The monoisotopic (exact) mass is 430 g/mol. The molecule has 8 heteroatoms. The molecule has 2 fully saturated rings. The van der Waals surface area contributed by atoms with Gasteiger partial charge in [-0.25, -0.2) is 10.0 Å². The van der Waals surface area contributed by atoms with Crippen LogP contribution in [0.4, 0.5) is 0 Å². The molecule has 1 atom stereocenters. The summed E-state index contributed by atoms with van der Waals surface area (Å²) in [7, 11) is 0. The number of nitrogens with one attached hydrogen (secondary N) is 1. The van der Waals surface area contributed by atoms with Crippen LogP contribution in [0.15, 0.2) is 21.3 Å². The highest BCUT2D eigenvalue weighted by Crippen LogP contribution is 2.31. The molecule has 2 saturated heterocycles. The smallest absolute Gasteiger partial charge is 0.248 e. The maximum atomic E-state index is 5.66. The van der Waals surface area contributed by atoms with E-state index in [-0.39, 0.29) is 0 Å². The third-order valence-electron chi connectivity index (χ3n) is 7.18. The Morgan fingerprint density at radius 3 is 2.23 bits per heavy atom. The van der Waals surface area contributed by atoms with Crippen molar-refractivity contribution in [3.63, 3.8) is 0 Å². The number of rotatable bonds is 1. The Bertz CT molecular complexity index is 709. The lowest BCUT2D eigenvalue weighted by Gasteiger charge is -2.38. The Balaban J connectivity index is 1.42. The molecule has 1 N–H and O–H groups in total. The SMILES string of the molecule is C1CCCCC2=C(N=C3N=C(N4CCOCC4)NN3C2)C(N2CCOCC2)CCCC1. The lowest BCUT2D eigenvalue weighted by molar-refractivity contribution is 0.0209. The number of ether oxygens (including phenoxy) is 2. The Hall–Kier alpha value is -1.64. The zero-order chi connectivity index (χ0) is 20.9. The summed E-state index contributed by atoms with van der Waals surface area (Å²) in [5.74, 6) is 1.77. The Morgan fingerprint density at radius 1 is 0.774 bits per heavy atom. The van der Waals surface area contributed by atoms with Gasteiger partial charge < -0.3 is 14.4 Å². The minimum atomic E-state index is 0.399. The first-order valence-corrected chi connectivity index (χ1v) is 12.5. The Labute approximate surface area is 186 Å². The molecule has 1 aliphatic carbocycles. The van der Waals surface area contributed by atoms with Crippen molar-refractivity contribution >= 4 is 11.9 Å². The minimum absolute atomic E-state index is 0.399. The maximum absolute atomic E-state index is 5.66. The average molecular weight is 431 g/mol. The van der Waals surface area contributed by atoms with Crippen molar-refractivity contribution in [2.24, 2.45) is 9.98 Å². The zero-order valence-electron chi connectivity index (χ0n) is 18.9. The van der Waals surface area contributed by atoms with E-state index >= 15 is 0 Å². The third kappa shape index (κ3) is 5.07. The van der Waals surface area contributed by atoms with Crippen molar-refractivity contribution in [2.75, 3.05) is 59.2 Å². The number of hydrogen-bond acceptors (Lipinski definition) is 8. The van der Waals surface area contributed by atoms with E-state index in [0.717, 1.165) is 77.5 Å². The standard InChI is InChI=1S/C23H38N6O2/c1-2-4-6-8-19-18-29-22(25-23(26-29)28-12-16-31-17-13-28)24-21(19)20(9-7-5-3-1)27-10-14-30-15-11-27/h20H,1-18H2,(H,24,25,26). The van der Waals surface area contributed by atoms with Crippen molar-refractivity contribution in [1.82, 2.24) is 20.2 Å². The number of morpholine rings is 2. The number of aliphatic imine (C=N–C) groups is 2. The molecule has 8 nitrogen and oxygen atoms in total. The van der Waals surface area contributed by atoms with Gasteiger partial charge >= 0.3 is 0 Å². The van der Waals surface area contributed by atoms with E-state index in [2.05, 4.69) is 20.2 Å². The van der Waals surface area contributed by atoms with Crippen LogP contribution in [-0.2, 0) is 9.47 Å². The van der Waals surface area contributed by atoms with E-state index in [1.165, 1.54) is 62.6 Å². The predicted octanol–water partition coefficient (Wildman–Crippen LogP) is 2.34. The average Bonchev–Trinajstić information content (AvgIpc) is 3.23. The second kappa shape index (κ2) is 10.3. The van der Waals surface area contributed by atoms with E-state index < -0.39 is 0 Å². The fraction of sp³-hybridized carbons (Fsp3) is 0.826. The first-order valence-electron chi connectivity index (χ1n) is 12.5. The van der Waals surface area contributed by atoms with E-state index in [1.54, 1.807) is 0 Å². The molecule has 0 aromatic heterocycles. The highest BCUT2D eigenvalue weighted by Gasteiger charge is 2.34. The molecule has 5 rings (SSSR count). The van der Waals surface area contributed by atoms with Crippen LogP contribution < -0.4 is 5.43 Å². The summed E-state index contributed by atoms with van der Waals surface area (Å²) in [5.41, 5.74) is 6.35. The van der Waals surface area contributed by atoms with Crippen LogP contribution in [0.1, 0.15) is 57.8 Å². The van der Waals surface area contributed by atoms with Crippen molar-refractivity contribution in [2.45, 2.75) is 63.8 Å². The summed E-state index contributed by atoms with van der Waals surface area (Å²) in [6.07, 6.45) is 11.7. The van der Waals surface area contributed by atoms with Gasteiger partial charge in [0.1, 0.15) is 0 Å². The fourth-order valence-electron chi connectivity index (χ4n) is 5.38. The first-order chi connectivity index (χ1) is 15.4. The lowest BCUT2D eigenvalue weighted by Crippen LogP contribution is -2.51. The van der Waals surface area contributed by atoms with Gasteiger partial charge in [-0.15, -0.1) is 0 Å². The van der Waals surface area contributed by atoms with Gasteiger partial charge in [0.25, 0.3) is 0 Å². The first kappa shape index (κ1) is 21.2. The number of guanidine groups is 2. The number of hydrogen-bond donors (Lipinski definition) is 1. The van der Waals surface area contributed by atoms with E-state index in [0.29, 0.717) is 6.04 Å².